The lowest BCUT2D eigenvalue weighted by Gasteiger charge is -2.15. The van der Waals surface area contributed by atoms with Gasteiger partial charge < -0.3 is 14.6 Å². The van der Waals surface area contributed by atoms with Gasteiger partial charge in [0, 0.05) is 12.1 Å². The van der Waals surface area contributed by atoms with Gasteiger partial charge in [-0.3, -0.25) is 4.79 Å². The Balaban J connectivity index is 1.78. The first-order chi connectivity index (χ1) is 13.9. The third-order valence-electron chi connectivity index (χ3n) is 5.00. The zero-order chi connectivity index (χ0) is 20.6. The number of nitrogens with one attached hydrogen (secondary N) is 1. The van der Waals surface area contributed by atoms with Gasteiger partial charge in [-0.1, -0.05) is 42.5 Å². The number of nitrogens with zero attached hydrogens (tertiary/aromatic N) is 2. The molecule has 150 valence electrons. The molecule has 0 saturated heterocycles. The Morgan fingerprint density at radius 1 is 1.17 bits per heavy atom. The summed E-state index contributed by atoms with van der Waals surface area (Å²) in [7, 11) is -1.96. The van der Waals surface area contributed by atoms with Gasteiger partial charge in [-0.25, -0.2) is 13.4 Å². The quantitative estimate of drug-likeness (QED) is 0.697. The van der Waals surface area contributed by atoms with Crippen molar-refractivity contribution in [3.05, 3.63) is 65.9 Å². The number of methoxy groups -OCH3 is 1. The van der Waals surface area contributed by atoms with Gasteiger partial charge in [0.25, 0.3) is 5.91 Å². The SMILES string of the molecule is COc1cccc(-c2nc3n(c2C(=O)N[C@@H](C)c2ccccc2)CCS3(=O)=O)c1. The van der Waals surface area contributed by atoms with Crippen molar-refractivity contribution >= 4 is 15.7 Å². The Bertz CT molecular complexity index is 1170. The Hall–Kier alpha value is -3.13. The topological polar surface area (TPSA) is 90.3 Å². The molecule has 0 fully saturated rings. The summed E-state index contributed by atoms with van der Waals surface area (Å²) in [5, 5.41) is 2.91. The number of benzene rings is 2. The van der Waals surface area contributed by atoms with Gasteiger partial charge in [0.2, 0.25) is 15.0 Å². The van der Waals surface area contributed by atoms with Crippen molar-refractivity contribution in [1.82, 2.24) is 14.9 Å². The van der Waals surface area contributed by atoms with Crippen LogP contribution in [0.15, 0.2) is 59.8 Å². The number of fused-ring (bicyclic) bond motifs is 1. The van der Waals surface area contributed by atoms with Crippen molar-refractivity contribution in [2.45, 2.75) is 24.7 Å². The number of sulfone groups is 1. The molecular formula is C21H21N3O4S. The second kappa shape index (κ2) is 7.36. The van der Waals surface area contributed by atoms with E-state index in [9.17, 15) is 13.2 Å². The molecule has 1 atom stereocenters. The molecule has 0 radical (unpaired) electrons. The number of hydrogen-bond donors (Lipinski definition) is 1. The third-order valence-corrected chi connectivity index (χ3v) is 6.59. The summed E-state index contributed by atoms with van der Waals surface area (Å²) in [6, 6.07) is 16.4. The van der Waals surface area contributed by atoms with E-state index in [0.717, 1.165) is 5.56 Å². The summed E-state index contributed by atoms with van der Waals surface area (Å²) in [4.78, 5) is 17.6. The van der Waals surface area contributed by atoms with Crippen molar-refractivity contribution in [1.29, 1.82) is 0 Å². The molecule has 4 rings (SSSR count). The molecule has 1 aliphatic heterocycles. The number of carbonyl (C=O) groups excluding carboxylic acids is 1. The van der Waals surface area contributed by atoms with Crippen molar-refractivity contribution < 1.29 is 17.9 Å². The largest absolute Gasteiger partial charge is 0.497 e. The van der Waals surface area contributed by atoms with E-state index in [4.69, 9.17) is 4.74 Å². The summed E-state index contributed by atoms with van der Waals surface area (Å²) >= 11 is 0. The average Bonchev–Trinajstić information content (AvgIpc) is 3.26. The Kier molecular flexibility index (Phi) is 4.87. The van der Waals surface area contributed by atoms with E-state index >= 15 is 0 Å². The van der Waals surface area contributed by atoms with Crippen molar-refractivity contribution in [2.75, 3.05) is 12.9 Å². The maximum absolute atomic E-state index is 13.2. The highest BCUT2D eigenvalue weighted by Crippen LogP contribution is 2.32. The molecule has 0 unspecified atom stereocenters. The minimum Gasteiger partial charge on any atom is -0.497 e. The van der Waals surface area contributed by atoms with Crippen LogP contribution < -0.4 is 10.1 Å². The number of aromatic nitrogens is 2. The van der Waals surface area contributed by atoms with Crippen molar-refractivity contribution in [2.24, 2.45) is 0 Å². The minimum absolute atomic E-state index is 0.0533. The van der Waals surface area contributed by atoms with E-state index in [-0.39, 0.29) is 35.1 Å². The smallest absolute Gasteiger partial charge is 0.270 e. The van der Waals surface area contributed by atoms with E-state index in [1.165, 1.54) is 4.57 Å². The number of imidazole rings is 1. The fraction of sp³-hybridized carbons (Fsp3) is 0.238. The fourth-order valence-corrected chi connectivity index (χ4v) is 4.83. The Morgan fingerprint density at radius 2 is 1.93 bits per heavy atom. The van der Waals surface area contributed by atoms with Crippen molar-refractivity contribution in [3.63, 3.8) is 0 Å². The lowest BCUT2D eigenvalue weighted by Crippen LogP contribution is -2.29. The van der Waals surface area contributed by atoms with Crippen LogP contribution in [0.5, 0.6) is 5.75 Å². The van der Waals surface area contributed by atoms with E-state index in [1.54, 1.807) is 31.4 Å². The number of ether oxygens (including phenoxy) is 1. The van der Waals surface area contributed by atoms with Gasteiger partial charge in [-0.05, 0) is 24.6 Å². The first kappa shape index (κ1) is 19.2. The summed E-state index contributed by atoms with van der Waals surface area (Å²) < 4.78 is 31.6. The molecule has 3 aromatic rings. The van der Waals surface area contributed by atoms with Crippen LogP contribution >= 0.6 is 0 Å². The van der Waals surface area contributed by atoms with E-state index in [0.29, 0.717) is 17.0 Å². The van der Waals surface area contributed by atoms with Crippen molar-refractivity contribution in [3.8, 4) is 17.0 Å². The molecule has 1 amide bonds. The van der Waals surface area contributed by atoms with E-state index in [2.05, 4.69) is 10.3 Å². The van der Waals surface area contributed by atoms with Crippen LogP contribution in [-0.4, -0.2) is 36.7 Å². The monoisotopic (exact) mass is 411 g/mol. The van der Waals surface area contributed by atoms with Crippen LogP contribution in [0.3, 0.4) is 0 Å². The maximum atomic E-state index is 13.2. The molecule has 2 heterocycles. The summed E-state index contributed by atoms with van der Waals surface area (Å²) in [5.41, 5.74) is 2.16. The molecule has 2 aromatic carbocycles. The van der Waals surface area contributed by atoms with E-state index < -0.39 is 9.84 Å². The first-order valence-corrected chi connectivity index (χ1v) is 10.9. The molecular weight excluding hydrogens is 390 g/mol. The number of hydrogen-bond acceptors (Lipinski definition) is 5. The molecule has 0 aliphatic carbocycles. The second-order valence-electron chi connectivity index (χ2n) is 6.90. The highest BCUT2D eigenvalue weighted by Gasteiger charge is 2.35. The lowest BCUT2D eigenvalue weighted by atomic mass is 10.1. The molecule has 7 nitrogen and oxygen atoms in total. The van der Waals surface area contributed by atoms with Crippen LogP contribution in [0.1, 0.15) is 29.0 Å². The number of amides is 1. The van der Waals surface area contributed by atoms with Gasteiger partial charge in [-0.15, -0.1) is 0 Å². The molecule has 0 bridgehead atoms. The van der Waals surface area contributed by atoms with E-state index in [1.807, 2.05) is 37.3 Å². The van der Waals surface area contributed by atoms with Crippen LogP contribution in [-0.2, 0) is 16.4 Å². The fourth-order valence-electron chi connectivity index (χ4n) is 3.47. The van der Waals surface area contributed by atoms with Gasteiger partial charge in [-0.2, -0.15) is 0 Å². The normalized spacial score (nSPS) is 15.5. The number of rotatable bonds is 5. The predicted molar refractivity (Wildman–Crippen MR) is 109 cm³/mol. The lowest BCUT2D eigenvalue weighted by molar-refractivity contribution is 0.0930. The molecule has 0 spiro atoms. The van der Waals surface area contributed by atoms with Crippen LogP contribution in [0.2, 0.25) is 0 Å². The summed E-state index contributed by atoms with van der Waals surface area (Å²) in [5.74, 6) is 0.181. The molecule has 1 N–H and O–H groups in total. The van der Waals surface area contributed by atoms with Gasteiger partial charge in [0.1, 0.15) is 17.1 Å². The molecule has 0 saturated carbocycles. The summed E-state index contributed by atoms with van der Waals surface area (Å²) in [6.45, 7) is 2.09. The number of carbonyl (C=O) groups is 1. The average molecular weight is 411 g/mol. The summed E-state index contributed by atoms with van der Waals surface area (Å²) in [6.07, 6.45) is 0. The van der Waals surface area contributed by atoms with Gasteiger partial charge >= 0.3 is 0 Å². The third kappa shape index (κ3) is 3.51. The zero-order valence-corrected chi connectivity index (χ0v) is 16.9. The zero-order valence-electron chi connectivity index (χ0n) is 16.1. The minimum atomic E-state index is -3.50. The van der Waals surface area contributed by atoms with Gasteiger partial charge in [0.05, 0.1) is 18.9 Å². The Morgan fingerprint density at radius 3 is 2.66 bits per heavy atom. The predicted octanol–water partition coefficient (Wildman–Crippen LogP) is 2.84. The first-order valence-electron chi connectivity index (χ1n) is 9.24. The highest BCUT2D eigenvalue weighted by atomic mass is 32.2. The van der Waals surface area contributed by atoms with Crippen LogP contribution in [0, 0.1) is 0 Å². The highest BCUT2D eigenvalue weighted by molar-refractivity contribution is 7.91. The molecule has 1 aromatic heterocycles. The van der Waals surface area contributed by atoms with Gasteiger partial charge in [0.15, 0.2) is 0 Å². The van der Waals surface area contributed by atoms with Crippen LogP contribution in [0.4, 0.5) is 0 Å². The molecule has 29 heavy (non-hydrogen) atoms. The Labute approximate surface area is 169 Å². The second-order valence-corrected chi connectivity index (χ2v) is 8.90. The maximum Gasteiger partial charge on any atom is 0.270 e. The molecule has 1 aliphatic rings. The standard InChI is InChI=1S/C21H21N3O4S/c1-14(15-7-4-3-5-8-15)22-20(25)19-18(16-9-6-10-17(13-16)28-2)23-21-24(19)11-12-29(21,26)27/h3-10,13-14H,11-12H2,1-2H3,(H,22,25)/t14-/m0/s1. The van der Waals surface area contributed by atoms with Crippen LogP contribution in [0.25, 0.3) is 11.3 Å². The molecule has 8 heteroatoms.